The van der Waals surface area contributed by atoms with Crippen molar-refractivity contribution in [1.82, 2.24) is 10.3 Å². The van der Waals surface area contributed by atoms with E-state index in [4.69, 9.17) is 0 Å². The Morgan fingerprint density at radius 3 is 3.00 bits per heavy atom. The maximum absolute atomic E-state index is 12.2. The average molecular weight is 261 g/mol. The number of nitrogens with zero attached hydrogens (tertiary/aromatic N) is 1. The van der Waals surface area contributed by atoms with E-state index in [-0.39, 0.29) is 5.91 Å². The summed E-state index contributed by atoms with van der Waals surface area (Å²) in [7, 11) is 0. The second-order valence-corrected chi connectivity index (χ2v) is 5.37. The Morgan fingerprint density at radius 2 is 2.32 bits per heavy atom. The van der Waals surface area contributed by atoms with Crippen LogP contribution >= 0.6 is 0 Å². The van der Waals surface area contributed by atoms with Crippen molar-refractivity contribution in [2.75, 3.05) is 18.4 Å². The highest BCUT2D eigenvalue weighted by atomic mass is 16.1. The fourth-order valence-electron chi connectivity index (χ4n) is 2.17. The highest BCUT2D eigenvalue weighted by Crippen LogP contribution is 2.36. The average Bonchev–Trinajstić information content (AvgIpc) is 3.27. The van der Waals surface area contributed by atoms with Crippen molar-refractivity contribution in [1.29, 1.82) is 0 Å². The number of aromatic nitrogens is 1. The molecule has 1 heterocycles. The monoisotopic (exact) mass is 261 g/mol. The van der Waals surface area contributed by atoms with Crippen LogP contribution in [0.5, 0.6) is 0 Å². The molecule has 0 bridgehead atoms. The highest BCUT2D eigenvalue weighted by Gasteiger charge is 2.28. The van der Waals surface area contributed by atoms with Crippen molar-refractivity contribution in [3.8, 4) is 0 Å². The molecular weight excluding hydrogens is 238 g/mol. The van der Waals surface area contributed by atoms with E-state index in [2.05, 4.69) is 29.5 Å². The SMILES string of the molecule is CCCNc1ccncc1C(=O)NCC(C)C1CC1. The van der Waals surface area contributed by atoms with Crippen LogP contribution in [0.1, 0.15) is 43.5 Å². The molecule has 1 amide bonds. The standard InChI is InChI=1S/C15H23N3O/c1-3-7-17-14-6-8-16-10-13(14)15(19)18-9-11(2)12-4-5-12/h6,8,10-12H,3-5,7,9H2,1-2H3,(H,16,17)(H,18,19). The van der Waals surface area contributed by atoms with E-state index in [1.807, 2.05) is 6.07 Å². The molecule has 1 aromatic rings. The van der Waals surface area contributed by atoms with Gasteiger partial charge in [0.15, 0.2) is 0 Å². The Bertz CT molecular complexity index is 429. The number of anilines is 1. The Labute approximate surface area is 115 Å². The molecule has 0 saturated heterocycles. The van der Waals surface area contributed by atoms with Crippen LogP contribution in [0.25, 0.3) is 0 Å². The summed E-state index contributed by atoms with van der Waals surface area (Å²) in [5.41, 5.74) is 1.51. The van der Waals surface area contributed by atoms with Gasteiger partial charge >= 0.3 is 0 Å². The summed E-state index contributed by atoms with van der Waals surface area (Å²) in [4.78, 5) is 16.2. The molecule has 1 fully saturated rings. The number of amides is 1. The summed E-state index contributed by atoms with van der Waals surface area (Å²) in [6.45, 7) is 5.93. The van der Waals surface area contributed by atoms with Crippen LogP contribution in [-0.2, 0) is 0 Å². The predicted molar refractivity (Wildman–Crippen MR) is 77.2 cm³/mol. The summed E-state index contributed by atoms with van der Waals surface area (Å²) >= 11 is 0. The van der Waals surface area contributed by atoms with Gasteiger partial charge in [-0.05, 0) is 37.2 Å². The number of carbonyl (C=O) groups is 1. The number of pyridine rings is 1. The van der Waals surface area contributed by atoms with Crippen LogP contribution in [0.4, 0.5) is 5.69 Å². The molecule has 2 N–H and O–H groups in total. The number of hydrogen-bond donors (Lipinski definition) is 2. The van der Waals surface area contributed by atoms with E-state index < -0.39 is 0 Å². The van der Waals surface area contributed by atoms with E-state index in [0.717, 1.165) is 31.1 Å². The Hall–Kier alpha value is -1.58. The third-order valence-electron chi connectivity index (χ3n) is 3.64. The second kappa shape index (κ2) is 6.55. The molecule has 4 heteroatoms. The van der Waals surface area contributed by atoms with Crippen molar-refractivity contribution >= 4 is 11.6 Å². The van der Waals surface area contributed by atoms with E-state index in [0.29, 0.717) is 11.5 Å². The molecule has 1 aromatic heterocycles. The molecular formula is C15H23N3O. The highest BCUT2D eigenvalue weighted by molar-refractivity contribution is 5.99. The Kier molecular flexibility index (Phi) is 4.77. The number of nitrogens with one attached hydrogen (secondary N) is 2. The molecule has 1 unspecified atom stereocenters. The van der Waals surface area contributed by atoms with Crippen LogP contribution in [0.15, 0.2) is 18.5 Å². The number of hydrogen-bond acceptors (Lipinski definition) is 3. The van der Waals surface area contributed by atoms with Gasteiger partial charge in [0.25, 0.3) is 5.91 Å². The van der Waals surface area contributed by atoms with Crippen molar-refractivity contribution in [2.45, 2.75) is 33.1 Å². The van der Waals surface area contributed by atoms with Crippen molar-refractivity contribution < 1.29 is 4.79 Å². The van der Waals surface area contributed by atoms with Gasteiger partial charge in [0.2, 0.25) is 0 Å². The molecule has 0 aromatic carbocycles. The van der Waals surface area contributed by atoms with Gasteiger partial charge in [-0.2, -0.15) is 0 Å². The summed E-state index contributed by atoms with van der Waals surface area (Å²) in [5, 5.41) is 6.28. The van der Waals surface area contributed by atoms with Crippen LogP contribution < -0.4 is 10.6 Å². The third-order valence-corrected chi connectivity index (χ3v) is 3.64. The maximum atomic E-state index is 12.2. The molecule has 1 aliphatic carbocycles. The van der Waals surface area contributed by atoms with Gasteiger partial charge in [-0.1, -0.05) is 13.8 Å². The van der Waals surface area contributed by atoms with E-state index in [9.17, 15) is 4.79 Å². The molecule has 1 saturated carbocycles. The van der Waals surface area contributed by atoms with Crippen LogP contribution in [0.2, 0.25) is 0 Å². The van der Waals surface area contributed by atoms with Gasteiger partial charge in [-0.15, -0.1) is 0 Å². The first-order chi connectivity index (χ1) is 9.22. The number of rotatable bonds is 7. The molecule has 19 heavy (non-hydrogen) atoms. The van der Waals surface area contributed by atoms with E-state index in [1.165, 1.54) is 12.8 Å². The summed E-state index contributed by atoms with van der Waals surface area (Å²) < 4.78 is 0. The molecule has 2 rings (SSSR count). The quantitative estimate of drug-likeness (QED) is 0.793. The molecule has 1 atom stereocenters. The predicted octanol–water partition coefficient (Wildman–Crippen LogP) is 2.68. The molecule has 0 spiro atoms. The number of carbonyl (C=O) groups excluding carboxylic acids is 1. The van der Waals surface area contributed by atoms with Crippen LogP contribution in [0.3, 0.4) is 0 Å². The minimum Gasteiger partial charge on any atom is -0.384 e. The maximum Gasteiger partial charge on any atom is 0.254 e. The van der Waals surface area contributed by atoms with Crippen molar-refractivity contribution in [2.24, 2.45) is 11.8 Å². The summed E-state index contributed by atoms with van der Waals surface area (Å²) in [6, 6.07) is 1.86. The normalized spacial score (nSPS) is 15.9. The fraction of sp³-hybridized carbons (Fsp3) is 0.600. The van der Waals surface area contributed by atoms with Gasteiger partial charge in [0.05, 0.1) is 11.3 Å². The van der Waals surface area contributed by atoms with Gasteiger partial charge in [0.1, 0.15) is 0 Å². The molecule has 1 aliphatic rings. The zero-order chi connectivity index (χ0) is 13.7. The second-order valence-electron chi connectivity index (χ2n) is 5.37. The lowest BCUT2D eigenvalue weighted by molar-refractivity contribution is 0.0947. The van der Waals surface area contributed by atoms with Crippen molar-refractivity contribution in [3.05, 3.63) is 24.0 Å². The molecule has 0 radical (unpaired) electrons. The minimum atomic E-state index is -0.0285. The van der Waals surface area contributed by atoms with Crippen molar-refractivity contribution in [3.63, 3.8) is 0 Å². The summed E-state index contributed by atoms with van der Waals surface area (Å²) in [6.07, 6.45) is 7.00. The molecule has 104 valence electrons. The van der Waals surface area contributed by atoms with Gasteiger partial charge in [-0.3, -0.25) is 9.78 Å². The summed E-state index contributed by atoms with van der Waals surface area (Å²) in [5.74, 6) is 1.36. The lowest BCUT2D eigenvalue weighted by Crippen LogP contribution is -2.29. The van der Waals surface area contributed by atoms with Gasteiger partial charge in [0, 0.05) is 25.5 Å². The Morgan fingerprint density at radius 1 is 1.53 bits per heavy atom. The van der Waals surface area contributed by atoms with Crippen LogP contribution in [0, 0.1) is 11.8 Å². The zero-order valence-corrected chi connectivity index (χ0v) is 11.8. The van der Waals surface area contributed by atoms with Crippen LogP contribution in [-0.4, -0.2) is 24.0 Å². The first-order valence-corrected chi connectivity index (χ1v) is 7.18. The molecule has 4 nitrogen and oxygen atoms in total. The van der Waals surface area contributed by atoms with E-state index >= 15 is 0 Å². The third kappa shape index (κ3) is 3.94. The molecule has 0 aliphatic heterocycles. The fourth-order valence-corrected chi connectivity index (χ4v) is 2.17. The Balaban J connectivity index is 1.93. The largest absolute Gasteiger partial charge is 0.384 e. The minimum absolute atomic E-state index is 0.0285. The lowest BCUT2D eigenvalue weighted by atomic mass is 10.1. The first kappa shape index (κ1) is 13.8. The van der Waals surface area contributed by atoms with Gasteiger partial charge < -0.3 is 10.6 Å². The topological polar surface area (TPSA) is 54.0 Å². The smallest absolute Gasteiger partial charge is 0.254 e. The van der Waals surface area contributed by atoms with E-state index in [1.54, 1.807) is 12.4 Å². The zero-order valence-electron chi connectivity index (χ0n) is 11.8. The first-order valence-electron chi connectivity index (χ1n) is 7.18. The lowest BCUT2D eigenvalue weighted by Gasteiger charge is -2.14. The van der Waals surface area contributed by atoms with Gasteiger partial charge in [-0.25, -0.2) is 0 Å².